The summed E-state index contributed by atoms with van der Waals surface area (Å²) >= 11 is 0. The van der Waals surface area contributed by atoms with E-state index in [1.807, 2.05) is 85.8 Å². The fourth-order valence-electron chi connectivity index (χ4n) is 3.05. The van der Waals surface area contributed by atoms with Gasteiger partial charge in [0.05, 0.1) is 0 Å². The van der Waals surface area contributed by atoms with E-state index >= 15 is 0 Å². The Morgan fingerprint density at radius 1 is 0.792 bits per heavy atom. The number of rotatable bonds is 3. The number of aryl methyl sites for hydroxylation is 1. The summed E-state index contributed by atoms with van der Waals surface area (Å²) in [5.41, 5.74) is 4.38. The average molecular weight is 312 g/mol. The van der Waals surface area contributed by atoms with Gasteiger partial charge in [0.25, 0.3) is 0 Å². The average Bonchev–Trinajstić information content (AvgIpc) is 3.01. The third-order valence-electron chi connectivity index (χ3n) is 4.25. The van der Waals surface area contributed by atoms with Crippen molar-refractivity contribution >= 4 is 16.8 Å². The smallest absolute Gasteiger partial charge is 0.228 e. The van der Waals surface area contributed by atoms with Crippen LogP contribution in [0.5, 0.6) is 0 Å². The first kappa shape index (κ1) is 14.5. The summed E-state index contributed by atoms with van der Waals surface area (Å²) < 4.78 is 5.98. The maximum absolute atomic E-state index is 13.0. The molecule has 0 unspecified atom stereocenters. The number of benzene rings is 3. The molecule has 0 aliphatic rings. The second kappa shape index (κ2) is 5.82. The van der Waals surface area contributed by atoms with E-state index in [0.29, 0.717) is 11.3 Å². The lowest BCUT2D eigenvalue weighted by Gasteiger charge is -2.06. The van der Waals surface area contributed by atoms with E-state index in [4.69, 9.17) is 4.42 Å². The van der Waals surface area contributed by atoms with Gasteiger partial charge in [-0.25, -0.2) is 0 Å². The van der Waals surface area contributed by atoms with Crippen LogP contribution >= 0.6 is 0 Å². The minimum Gasteiger partial charge on any atom is -0.452 e. The Hall–Kier alpha value is -3.13. The molecule has 0 fully saturated rings. The van der Waals surface area contributed by atoms with E-state index in [-0.39, 0.29) is 5.78 Å². The molecule has 0 saturated carbocycles. The lowest BCUT2D eigenvalue weighted by atomic mass is 9.95. The lowest BCUT2D eigenvalue weighted by Crippen LogP contribution is -2.01. The molecule has 3 aromatic carbocycles. The maximum Gasteiger partial charge on any atom is 0.228 e. The van der Waals surface area contributed by atoms with E-state index in [9.17, 15) is 4.79 Å². The normalized spacial score (nSPS) is 10.9. The molecule has 1 heterocycles. The predicted molar refractivity (Wildman–Crippen MR) is 96.3 cm³/mol. The largest absolute Gasteiger partial charge is 0.452 e. The van der Waals surface area contributed by atoms with Gasteiger partial charge in [0, 0.05) is 16.5 Å². The first-order valence-electron chi connectivity index (χ1n) is 7.93. The summed E-state index contributed by atoms with van der Waals surface area (Å²) in [6.45, 7) is 2.05. The molecule has 4 aromatic rings. The number of hydrogen-bond donors (Lipinski definition) is 0. The van der Waals surface area contributed by atoms with Crippen LogP contribution in [0.1, 0.15) is 21.7 Å². The van der Waals surface area contributed by atoms with Gasteiger partial charge in [0.1, 0.15) is 5.58 Å². The highest BCUT2D eigenvalue weighted by Crippen LogP contribution is 2.37. The molecule has 1 aromatic heterocycles. The van der Waals surface area contributed by atoms with Crippen molar-refractivity contribution < 1.29 is 9.21 Å². The Morgan fingerprint density at radius 2 is 1.46 bits per heavy atom. The first-order chi connectivity index (χ1) is 11.8. The fourth-order valence-corrected chi connectivity index (χ4v) is 3.05. The van der Waals surface area contributed by atoms with Crippen molar-refractivity contribution in [2.75, 3.05) is 0 Å². The van der Waals surface area contributed by atoms with Crippen molar-refractivity contribution in [1.29, 1.82) is 0 Å². The predicted octanol–water partition coefficient (Wildman–Crippen LogP) is 5.64. The molecule has 0 bridgehead atoms. The number of hydrogen-bond acceptors (Lipinski definition) is 2. The standard InChI is InChI=1S/C22H16O2/c1-15-9-5-6-12-17(15)20-18-13-7-8-14-19(18)24-22(20)21(23)16-10-3-2-4-11-16/h2-14H,1H3. The van der Waals surface area contributed by atoms with Crippen molar-refractivity contribution in [3.05, 3.63) is 95.7 Å². The molecular weight excluding hydrogens is 296 g/mol. The van der Waals surface area contributed by atoms with Gasteiger partial charge < -0.3 is 4.42 Å². The van der Waals surface area contributed by atoms with Crippen LogP contribution < -0.4 is 0 Å². The molecule has 0 radical (unpaired) electrons. The number of para-hydroxylation sites is 1. The van der Waals surface area contributed by atoms with Gasteiger partial charge in [-0.2, -0.15) is 0 Å². The summed E-state index contributed by atoms with van der Waals surface area (Å²) in [6, 6.07) is 25.1. The van der Waals surface area contributed by atoms with E-state index in [2.05, 4.69) is 0 Å². The van der Waals surface area contributed by atoms with Crippen LogP contribution in [0.4, 0.5) is 0 Å². The van der Waals surface area contributed by atoms with E-state index in [0.717, 1.165) is 27.7 Å². The SMILES string of the molecule is Cc1ccccc1-c1c(C(=O)c2ccccc2)oc2ccccc12. The molecule has 0 spiro atoms. The molecule has 4 rings (SSSR count). The zero-order valence-corrected chi connectivity index (χ0v) is 13.3. The third-order valence-corrected chi connectivity index (χ3v) is 4.25. The Morgan fingerprint density at radius 3 is 2.25 bits per heavy atom. The van der Waals surface area contributed by atoms with E-state index in [1.165, 1.54) is 0 Å². The van der Waals surface area contributed by atoms with Gasteiger partial charge in [0.2, 0.25) is 5.78 Å². The van der Waals surface area contributed by atoms with Gasteiger partial charge in [-0.15, -0.1) is 0 Å². The summed E-state index contributed by atoms with van der Waals surface area (Å²) in [4.78, 5) is 13.0. The molecule has 0 amide bonds. The summed E-state index contributed by atoms with van der Waals surface area (Å²) in [7, 11) is 0. The molecule has 0 N–H and O–H groups in total. The van der Waals surface area contributed by atoms with Crippen LogP contribution in [-0.4, -0.2) is 5.78 Å². The zero-order valence-electron chi connectivity index (χ0n) is 13.3. The highest BCUT2D eigenvalue weighted by Gasteiger charge is 2.23. The Labute approximate surface area is 140 Å². The molecule has 0 atom stereocenters. The molecule has 0 aliphatic carbocycles. The topological polar surface area (TPSA) is 30.2 Å². The monoisotopic (exact) mass is 312 g/mol. The molecule has 0 saturated heterocycles. The second-order valence-corrected chi connectivity index (χ2v) is 5.81. The number of carbonyl (C=O) groups is 1. The fraction of sp³-hybridized carbons (Fsp3) is 0.0455. The minimum atomic E-state index is -0.0925. The Bertz CT molecular complexity index is 1030. The zero-order chi connectivity index (χ0) is 16.5. The van der Waals surface area contributed by atoms with Crippen molar-refractivity contribution in [1.82, 2.24) is 0 Å². The Kier molecular flexibility index (Phi) is 3.51. The van der Waals surface area contributed by atoms with Crippen LogP contribution in [0, 0.1) is 6.92 Å². The quantitative estimate of drug-likeness (QED) is 0.458. The van der Waals surface area contributed by atoms with Crippen LogP contribution in [-0.2, 0) is 0 Å². The third kappa shape index (κ3) is 2.33. The number of carbonyl (C=O) groups excluding carboxylic acids is 1. The molecule has 2 heteroatoms. The first-order valence-corrected chi connectivity index (χ1v) is 7.93. The Balaban J connectivity index is 2.01. The van der Waals surface area contributed by atoms with Gasteiger partial charge in [-0.1, -0.05) is 72.8 Å². The molecule has 2 nitrogen and oxygen atoms in total. The molecule has 0 aliphatic heterocycles. The van der Waals surface area contributed by atoms with Gasteiger partial charge >= 0.3 is 0 Å². The van der Waals surface area contributed by atoms with Crippen molar-refractivity contribution in [2.45, 2.75) is 6.92 Å². The van der Waals surface area contributed by atoms with Crippen LogP contribution in [0.3, 0.4) is 0 Å². The van der Waals surface area contributed by atoms with Crippen LogP contribution in [0.2, 0.25) is 0 Å². The number of furan rings is 1. The summed E-state index contributed by atoms with van der Waals surface area (Å²) in [5, 5.41) is 0.964. The van der Waals surface area contributed by atoms with Crippen molar-refractivity contribution in [3.8, 4) is 11.1 Å². The highest BCUT2D eigenvalue weighted by molar-refractivity contribution is 6.15. The highest BCUT2D eigenvalue weighted by atomic mass is 16.3. The summed E-state index contributed by atoms with van der Waals surface area (Å²) in [6.07, 6.45) is 0. The number of fused-ring (bicyclic) bond motifs is 1. The van der Waals surface area contributed by atoms with Gasteiger partial charge in [-0.3, -0.25) is 4.79 Å². The number of ketones is 1. The summed E-state index contributed by atoms with van der Waals surface area (Å²) in [5.74, 6) is 0.307. The van der Waals surface area contributed by atoms with Crippen LogP contribution in [0.15, 0.2) is 83.3 Å². The maximum atomic E-state index is 13.0. The second-order valence-electron chi connectivity index (χ2n) is 5.81. The van der Waals surface area contributed by atoms with Crippen molar-refractivity contribution in [3.63, 3.8) is 0 Å². The van der Waals surface area contributed by atoms with E-state index in [1.54, 1.807) is 0 Å². The van der Waals surface area contributed by atoms with Gasteiger partial charge in [-0.05, 0) is 24.1 Å². The lowest BCUT2D eigenvalue weighted by molar-refractivity contribution is 0.101. The van der Waals surface area contributed by atoms with Crippen LogP contribution in [0.25, 0.3) is 22.1 Å². The van der Waals surface area contributed by atoms with Crippen molar-refractivity contribution in [2.24, 2.45) is 0 Å². The minimum absolute atomic E-state index is 0.0925. The molecular formula is C22H16O2. The van der Waals surface area contributed by atoms with Gasteiger partial charge in [0.15, 0.2) is 5.76 Å². The van der Waals surface area contributed by atoms with E-state index < -0.39 is 0 Å². The molecule has 116 valence electrons. The molecule has 24 heavy (non-hydrogen) atoms.